The lowest BCUT2D eigenvalue weighted by atomic mass is 9.95. The van der Waals surface area contributed by atoms with Crippen LogP contribution in [0.2, 0.25) is 0 Å². The molecule has 17 heavy (non-hydrogen) atoms. The molecule has 0 aromatic carbocycles. The number of nitrogens with one attached hydrogen (secondary N) is 1. The zero-order valence-corrected chi connectivity index (χ0v) is 11.7. The fourth-order valence-corrected chi connectivity index (χ4v) is 2.44. The van der Waals surface area contributed by atoms with Gasteiger partial charge in [0.15, 0.2) is 0 Å². The van der Waals surface area contributed by atoms with Crippen LogP contribution in [0.5, 0.6) is 0 Å². The molecule has 1 fully saturated rings. The molecule has 1 aliphatic heterocycles. The van der Waals surface area contributed by atoms with Crippen LogP contribution in [-0.2, 0) is 4.74 Å². The maximum atomic E-state index is 9.46. The summed E-state index contributed by atoms with van der Waals surface area (Å²) in [7, 11) is 3.76. The number of nitrogens with zero attached hydrogens (tertiary/aromatic N) is 1. The summed E-state index contributed by atoms with van der Waals surface area (Å²) >= 11 is 0. The minimum Gasteiger partial charge on any atom is -0.393 e. The number of ether oxygens (including phenoxy) is 1. The van der Waals surface area contributed by atoms with Crippen molar-refractivity contribution in [1.29, 1.82) is 0 Å². The van der Waals surface area contributed by atoms with Crippen molar-refractivity contribution in [1.82, 2.24) is 10.2 Å². The quantitative estimate of drug-likeness (QED) is 0.727. The summed E-state index contributed by atoms with van der Waals surface area (Å²) in [5.41, 5.74) is -0.135. The van der Waals surface area contributed by atoms with E-state index in [1.807, 2.05) is 7.05 Å². The molecule has 1 aliphatic rings. The van der Waals surface area contributed by atoms with Gasteiger partial charge in [0, 0.05) is 26.2 Å². The lowest BCUT2D eigenvalue weighted by Gasteiger charge is -2.36. The smallest absolute Gasteiger partial charge is 0.0775 e. The maximum Gasteiger partial charge on any atom is 0.0775 e. The second-order valence-electron chi connectivity index (χ2n) is 5.51. The van der Waals surface area contributed by atoms with Gasteiger partial charge in [-0.25, -0.2) is 0 Å². The molecule has 1 heterocycles. The van der Waals surface area contributed by atoms with Crippen molar-refractivity contribution < 1.29 is 9.84 Å². The molecule has 0 spiro atoms. The van der Waals surface area contributed by atoms with Gasteiger partial charge in [0.25, 0.3) is 0 Å². The van der Waals surface area contributed by atoms with E-state index < -0.39 is 0 Å². The molecular formula is C13H28N2O2. The Morgan fingerprint density at radius 2 is 2.00 bits per heavy atom. The average Bonchev–Trinajstić information content (AvgIpc) is 2.32. The van der Waals surface area contributed by atoms with Crippen LogP contribution in [0, 0.1) is 0 Å². The lowest BCUT2D eigenvalue weighted by Crippen LogP contribution is -2.49. The summed E-state index contributed by atoms with van der Waals surface area (Å²) in [6, 6.07) is 0.361. The summed E-state index contributed by atoms with van der Waals surface area (Å²) in [6.07, 6.45) is 2.82. The highest BCUT2D eigenvalue weighted by atomic mass is 16.5. The third-order valence-corrected chi connectivity index (χ3v) is 4.00. The monoisotopic (exact) mass is 244 g/mol. The molecule has 1 unspecified atom stereocenters. The number of rotatable bonds is 6. The molecule has 0 amide bonds. The lowest BCUT2D eigenvalue weighted by molar-refractivity contribution is -0.0144. The van der Waals surface area contributed by atoms with E-state index in [0.29, 0.717) is 6.04 Å². The first-order chi connectivity index (χ1) is 7.99. The molecular weight excluding hydrogens is 216 g/mol. The molecule has 0 radical (unpaired) electrons. The molecule has 0 aliphatic carbocycles. The summed E-state index contributed by atoms with van der Waals surface area (Å²) in [5.74, 6) is 0. The van der Waals surface area contributed by atoms with Crippen molar-refractivity contribution in [3.63, 3.8) is 0 Å². The van der Waals surface area contributed by atoms with Crippen molar-refractivity contribution in [2.45, 2.75) is 50.9 Å². The second kappa shape index (κ2) is 6.69. The van der Waals surface area contributed by atoms with Gasteiger partial charge in [-0.15, -0.1) is 0 Å². The van der Waals surface area contributed by atoms with E-state index in [9.17, 15) is 5.11 Å². The highest BCUT2D eigenvalue weighted by Crippen LogP contribution is 2.18. The number of hydrogen-bond donors (Lipinski definition) is 2. The van der Waals surface area contributed by atoms with Crippen molar-refractivity contribution in [3.8, 4) is 0 Å². The predicted octanol–water partition coefficient (Wildman–Crippen LogP) is 0.846. The van der Waals surface area contributed by atoms with Crippen LogP contribution in [0.15, 0.2) is 0 Å². The topological polar surface area (TPSA) is 44.7 Å². The van der Waals surface area contributed by atoms with Gasteiger partial charge in [-0.05, 0) is 46.7 Å². The number of methoxy groups -OCH3 is 1. The SMILES string of the molecule is CNC(CCN1CCC(O)CC1)C(C)(C)OC. The number of aliphatic hydroxyl groups excluding tert-OH is 1. The van der Waals surface area contributed by atoms with Gasteiger partial charge in [-0.2, -0.15) is 0 Å². The number of likely N-dealkylation sites (N-methyl/N-ethyl adjacent to an activating group) is 1. The first kappa shape index (κ1) is 14.9. The Morgan fingerprint density at radius 3 is 2.47 bits per heavy atom. The van der Waals surface area contributed by atoms with Gasteiger partial charge >= 0.3 is 0 Å². The molecule has 1 atom stereocenters. The molecule has 4 heteroatoms. The molecule has 0 saturated carbocycles. The van der Waals surface area contributed by atoms with Crippen molar-refractivity contribution in [3.05, 3.63) is 0 Å². The number of likely N-dealkylation sites (tertiary alicyclic amines) is 1. The van der Waals surface area contributed by atoms with Gasteiger partial charge in [-0.3, -0.25) is 0 Å². The van der Waals surface area contributed by atoms with E-state index >= 15 is 0 Å². The zero-order valence-electron chi connectivity index (χ0n) is 11.7. The Kier molecular flexibility index (Phi) is 5.86. The molecule has 1 saturated heterocycles. The molecule has 1 rings (SSSR count). The molecule has 4 nitrogen and oxygen atoms in total. The van der Waals surface area contributed by atoms with Gasteiger partial charge < -0.3 is 20.1 Å². The van der Waals surface area contributed by atoms with Gasteiger partial charge in [-0.1, -0.05) is 0 Å². The Bertz CT molecular complexity index is 213. The van der Waals surface area contributed by atoms with Crippen LogP contribution >= 0.6 is 0 Å². The molecule has 0 aromatic rings. The zero-order chi connectivity index (χ0) is 12.9. The first-order valence-corrected chi connectivity index (χ1v) is 6.62. The van der Waals surface area contributed by atoms with Gasteiger partial charge in [0.1, 0.15) is 0 Å². The van der Waals surface area contributed by atoms with Crippen LogP contribution in [0.3, 0.4) is 0 Å². The second-order valence-corrected chi connectivity index (χ2v) is 5.51. The number of hydrogen-bond acceptors (Lipinski definition) is 4. The first-order valence-electron chi connectivity index (χ1n) is 6.62. The highest BCUT2D eigenvalue weighted by molar-refractivity contribution is 4.85. The van der Waals surface area contributed by atoms with Crippen LogP contribution in [0.4, 0.5) is 0 Å². The minimum absolute atomic E-state index is 0.0817. The summed E-state index contributed by atoms with van der Waals surface area (Å²) in [6.45, 7) is 7.35. The van der Waals surface area contributed by atoms with E-state index in [1.165, 1.54) is 0 Å². The molecule has 0 bridgehead atoms. The Balaban J connectivity index is 2.33. The maximum absolute atomic E-state index is 9.46. The fourth-order valence-electron chi connectivity index (χ4n) is 2.44. The highest BCUT2D eigenvalue weighted by Gasteiger charge is 2.28. The number of piperidine rings is 1. The molecule has 2 N–H and O–H groups in total. The van der Waals surface area contributed by atoms with Crippen molar-refractivity contribution in [2.24, 2.45) is 0 Å². The third kappa shape index (κ3) is 4.54. The van der Waals surface area contributed by atoms with Crippen LogP contribution in [0.1, 0.15) is 33.1 Å². The standard InChI is InChI=1S/C13H28N2O2/c1-13(2,17-4)12(14-3)7-10-15-8-5-11(16)6-9-15/h11-12,14,16H,5-10H2,1-4H3. The summed E-state index contributed by atoms with van der Waals surface area (Å²) < 4.78 is 5.53. The normalized spacial score (nSPS) is 21.7. The van der Waals surface area contributed by atoms with Crippen LogP contribution < -0.4 is 5.32 Å². The number of aliphatic hydroxyl groups is 1. The van der Waals surface area contributed by atoms with Gasteiger partial charge in [0.05, 0.1) is 11.7 Å². The third-order valence-electron chi connectivity index (χ3n) is 4.00. The van der Waals surface area contributed by atoms with Crippen molar-refractivity contribution in [2.75, 3.05) is 33.8 Å². The Labute approximate surface area is 105 Å². The fraction of sp³-hybridized carbons (Fsp3) is 1.00. The van der Waals surface area contributed by atoms with E-state index in [4.69, 9.17) is 4.74 Å². The molecule has 0 aromatic heterocycles. The summed E-state index contributed by atoms with van der Waals surface area (Å²) in [5, 5.41) is 12.8. The van der Waals surface area contributed by atoms with E-state index in [2.05, 4.69) is 24.1 Å². The van der Waals surface area contributed by atoms with Crippen LogP contribution in [-0.4, -0.2) is 61.5 Å². The van der Waals surface area contributed by atoms with E-state index in [-0.39, 0.29) is 11.7 Å². The van der Waals surface area contributed by atoms with Crippen LogP contribution in [0.25, 0.3) is 0 Å². The minimum atomic E-state index is -0.135. The largest absolute Gasteiger partial charge is 0.393 e. The predicted molar refractivity (Wildman–Crippen MR) is 70.2 cm³/mol. The van der Waals surface area contributed by atoms with E-state index in [0.717, 1.165) is 38.9 Å². The average molecular weight is 244 g/mol. The summed E-state index contributed by atoms with van der Waals surface area (Å²) in [4.78, 5) is 2.43. The van der Waals surface area contributed by atoms with Crippen molar-refractivity contribution >= 4 is 0 Å². The Hall–Kier alpha value is -0.160. The molecule has 102 valence electrons. The van der Waals surface area contributed by atoms with E-state index in [1.54, 1.807) is 7.11 Å². The Morgan fingerprint density at radius 1 is 1.41 bits per heavy atom. The van der Waals surface area contributed by atoms with Gasteiger partial charge in [0.2, 0.25) is 0 Å².